The highest BCUT2D eigenvalue weighted by Gasteiger charge is 2.36. The van der Waals surface area contributed by atoms with Crippen LogP contribution in [-0.4, -0.2) is 33.4 Å². The van der Waals surface area contributed by atoms with Crippen molar-refractivity contribution in [3.8, 4) is 0 Å². The fourth-order valence-electron chi connectivity index (χ4n) is 3.19. The lowest BCUT2D eigenvalue weighted by Gasteiger charge is -2.27. The van der Waals surface area contributed by atoms with Crippen LogP contribution in [0.15, 0.2) is 42.6 Å². The molecule has 1 N–H and O–H groups in total. The molecular formula is C18H17FN2O3. The van der Waals surface area contributed by atoms with Gasteiger partial charge in [0.2, 0.25) is 0 Å². The number of amides is 1. The van der Waals surface area contributed by atoms with Crippen LogP contribution in [0, 0.1) is 11.7 Å². The van der Waals surface area contributed by atoms with Crippen molar-refractivity contribution in [2.75, 3.05) is 6.54 Å². The largest absolute Gasteiger partial charge is 0.477 e. The van der Waals surface area contributed by atoms with Crippen LogP contribution in [0.4, 0.5) is 4.39 Å². The molecule has 2 atom stereocenters. The normalized spacial score (nSPS) is 20.2. The minimum atomic E-state index is -1.14. The number of carbonyl (C=O) groups excluding carboxylic acids is 1. The first-order chi connectivity index (χ1) is 11.5. The molecule has 2 heterocycles. The average Bonchev–Trinajstić information content (AvgIpc) is 2.96. The Hall–Kier alpha value is -2.76. The van der Waals surface area contributed by atoms with E-state index in [0.29, 0.717) is 12.1 Å². The van der Waals surface area contributed by atoms with Crippen molar-refractivity contribution in [2.45, 2.75) is 19.4 Å². The first kappa shape index (κ1) is 16.1. The Morgan fingerprint density at radius 2 is 2.08 bits per heavy atom. The van der Waals surface area contributed by atoms with Gasteiger partial charge in [0.15, 0.2) is 0 Å². The molecule has 1 amide bonds. The quantitative estimate of drug-likeness (QED) is 0.939. The lowest BCUT2D eigenvalue weighted by Crippen LogP contribution is -2.32. The number of benzene rings is 1. The van der Waals surface area contributed by atoms with E-state index in [1.54, 1.807) is 11.0 Å². The molecule has 0 aliphatic carbocycles. The van der Waals surface area contributed by atoms with Crippen molar-refractivity contribution >= 4 is 11.9 Å². The first-order valence-corrected chi connectivity index (χ1v) is 7.73. The zero-order valence-electron chi connectivity index (χ0n) is 13.1. The standard InChI is InChI=1S/C18H17FN2O3/c1-11-7-8-21(16(11)12-3-2-4-14(19)9-12)17(22)13-5-6-15(18(23)24)20-10-13/h2-6,9-11,16H,7-8H2,1H3,(H,23,24). The molecule has 6 heteroatoms. The maximum atomic E-state index is 13.5. The molecule has 0 saturated carbocycles. The molecule has 2 unspecified atom stereocenters. The highest BCUT2D eigenvalue weighted by molar-refractivity contribution is 5.95. The minimum Gasteiger partial charge on any atom is -0.477 e. The van der Waals surface area contributed by atoms with E-state index in [0.717, 1.165) is 12.0 Å². The van der Waals surface area contributed by atoms with Gasteiger partial charge >= 0.3 is 5.97 Å². The highest BCUT2D eigenvalue weighted by atomic mass is 19.1. The van der Waals surface area contributed by atoms with Gasteiger partial charge in [-0.3, -0.25) is 4.79 Å². The molecule has 24 heavy (non-hydrogen) atoms. The monoisotopic (exact) mass is 328 g/mol. The van der Waals surface area contributed by atoms with Gasteiger partial charge in [-0.1, -0.05) is 19.1 Å². The number of nitrogens with zero attached hydrogens (tertiary/aromatic N) is 2. The van der Waals surface area contributed by atoms with Gasteiger partial charge in [0.25, 0.3) is 5.91 Å². The Balaban J connectivity index is 1.89. The van der Waals surface area contributed by atoms with Gasteiger partial charge in [0.1, 0.15) is 11.5 Å². The number of halogens is 1. The van der Waals surface area contributed by atoms with E-state index in [4.69, 9.17) is 5.11 Å². The summed E-state index contributed by atoms with van der Waals surface area (Å²) in [4.78, 5) is 29.1. The maximum Gasteiger partial charge on any atom is 0.354 e. The Morgan fingerprint density at radius 3 is 2.71 bits per heavy atom. The van der Waals surface area contributed by atoms with E-state index in [2.05, 4.69) is 4.98 Å². The smallest absolute Gasteiger partial charge is 0.354 e. The summed E-state index contributed by atoms with van der Waals surface area (Å²) in [6, 6.07) is 8.87. The average molecular weight is 328 g/mol. The molecule has 5 nitrogen and oxygen atoms in total. The predicted octanol–water partition coefficient (Wildman–Crippen LogP) is 3.14. The molecule has 1 saturated heterocycles. The van der Waals surface area contributed by atoms with Crippen molar-refractivity contribution in [3.05, 3.63) is 65.2 Å². The van der Waals surface area contributed by atoms with Crippen LogP contribution >= 0.6 is 0 Å². The molecule has 1 fully saturated rings. The molecular weight excluding hydrogens is 311 g/mol. The number of likely N-dealkylation sites (tertiary alicyclic amines) is 1. The molecule has 0 spiro atoms. The van der Waals surface area contributed by atoms with E-state index in [1.165, 1.54) is 30.5 Å². The fourth-order valence-corrected chi connectivity index (χ4v) is 3.19. The number of carbonyl (C=O) groups is 2. The summed E-state index contributed by atoms with van der Waals surface area (Å²) in [7, 11) is 0. The minimum absolute atomic E-state index is 0.108. The van der Waals surface area contributed by atoms with Gasteiger partial charge in [-0.15, -0.1) is 0 Å². The lowest BCUT2D eigenvalue weighted by molar-refractivity contribution is 0.0684. The van der Waals surface area contributed by atoms with Crippen LogP contribution in [0.1, 0.15) is 45.8 Å². The molecule has 124 valence electrons. The number of rotatable bonds is 3. The van der Waals surface area contributed by atoms with Crippen molar-refractivity contribution in [1.29, 1.82) is 0 Å². The van der Waals surface area contributed by atoms with Gasteiger partial charge in [-0.2, -0.15) is 0 Å². The number of pyridine rings is 1. The Morgan fingerprint density at radius 1 is 1.29 bits per heavy atom. The summed E-state index contributed by atoms with van der Waals surface area (Å²) in [5.74, 6) is -1.48. The molecule has 0 bridgehead atoms. The maximum absolute atomic E-state index is 13.5. The fraction of sp³-hybridized carbons (Fsp3) is 0.278. The SMILES string of the molecule is CC1CCN(C(=O)c2ccc(C(=O)O)nc2)C1c1cccc(F)c1. The third kappa shape index (κ3) is 2.99. The van der Waals surface area contributed by atoms with Gasteiger partial charge in [0, 0.05) is 12.7 Å². The topological polar surface area (TPSA) is 70.5 Å². The second-order valence-corrected chi connectivity index (χ2v) is 6.00. The number of aromatic nitrogens is 1. The molecule has 1 aliphatic heterocycles. The van der Waals surface area contributed by atoms with Crippen LogP contribution in [-0.2, 0) is 0 Å². The first-order valence-electron chi connectivity index (χ1n) is 7.73. The molecule has 1 aliphatic rings. The van der Waals surface area contributed by atoms with E-state index < -0.39 is 5.97 Å². The summed E-state index contributed by atoms with van der Waals surface area (Å²) in [5, 5.41) is 8.88. The van der Waals surface area contributed by atoms with Crippen LogP contribution in [0.25, 0.3) is 0 Å². The molecule has 1 aromatic carbocycles. The van der Waals surface area contributed by atoms with E-state index >= 15 is 0 Å². The van der Waals surface area contributed by atoms with Crippen molar-refractivity contribution in [1.82, 2.24) is 9.88 Å². The van der Waals surface area contributed by atoms with Crippen LogP contribution in [0.2, 0.25) is 0 Å². The summed E-state index contributed by atoms with van der Waals surface area (Å²) >= 11 is 0. The number of aromatic carboxylic acids is 1. The van der Waals surface area contributed by atoms with Crippen molar-refractivity contribution < 1.29 is 19.1 Å². The lowest BCUT2D eigenvalue weighted by atomic mass is 9.95. The van der Waals surface area contributed by atoms with Crippen LogP contribution in [0.3, 0.4) is 0 Å². The summed E-state index contributed by atoms with van der Waals surface area (Å²) in [6.07, 6.45) is 2.10. The third-order valence-electron chi connectivity index (χ3n) is 4.38. The zero-order chi connectivity index (χ0) is 17.3. The van der Waals surface area contributed by atoms with Gasteiger partial charge < -0.3 is 10.0 Å². The molecule has 3 rings (SSSR count). The number of carboxylic acids is 1. The highest BCUT2D eigenvalue weighted by Crippen LogP contribution is 2.38. The Labute approximate surface area is 138 Å². The Kier molecular flexibility index (Phi) is 4.29. The van der Waals surface area contributed by atoms with E-state index in [-0.39, 0.29) is 29.4 Å². The third-order valence-corrected chi connectivity index (χ3v) is 4.38. The molecule has 0 radical (unpaired) electrons. The second kappa shape index (κ2) is 6.39. The van der Waals surface area contributed by atoms with Gasteiger partial charge in [-0.05, 0) is 42.2 Å². The second-order valence-electron chi connectivity index (χ2n) is 6.00. The van der Waals surface area contributed by atoms with Gasteiger partial charge in [-0.25, -0.2) is 14.2 Å². The molecule has 2 aromatic rings. The van der Waals surface area contributed by atoms with Crippen molar-refractivity contribution in [2.24, 2.45) is 5.92 Å². The van der Waals surface area contributed by atoms with E-state index in [1.807, 2.05) is 13.0 Å². The number of carboxylic acid groups (broad SMARTS) is 1. The van der Waals surface area contributed by atoms with E-state index in [9.17, 15) is 14.0 Å². The zero-order valence-corrected chi connectivity index (χ0v) is 13.1. The number of hydrogen-bond acceptors (Lipinski definition) is 3. The summed E-state index contributed by atoms with van der Waals surface area (Å²) < 4.78 is 13.5. The summed E-state index contributed by atoms with van der Waals surface area (Å²) in [6.45, 7) is 2.61. The Bertz CT molecular complexity index is 776. The van der Waals surface area contributed by atoms with Crippen LogP contribution in [0.5, 0.6) is 0 Å². The number of hydrogen-bond donors (Lipinski definition) is 1. The molecule has 1 aromatic heterocycles. The van der Waals surface area contributed by atoms with Gasteiger partial charge in [0.05, 0.1) is 11.6 Å². The predicted molar refractivity (Wildman–Crippen MR) is 85.2 cm³/mol. The summed E-state index contributed by atoms with van der Waals surface area (Å²) in [5.41, 5.74) is 0.988. The van der Waals surface area contributed by atoms with Crippen LogP contribution < -0.4 is 0 Å². The van der Waals surface area contributed by atoms with Crippen molar-refractivity contribution in [3.63, 3.8) is 0 Å².